The Morgan fingerprint density at radius 2 is 2.09 bits per heavy atom. The van der Waals surface area contributed by atoms with E-state index < -0.39 is 0 Å². The number of hydrogen-bond donors (Lipinski definition) is 1. The molecule has 2 aromatic rings. The van der Waals surface area contributed by atoms with Crippen LogP contribution in [0.2, 0.25) is 0 Å². The Labute approximate surface area is 132 Å². The fourth-order valence-corrected chi connectivity index (χ4v) is 3.22. The average molecular weight is 299 g/mol. The summed E-state index contributed by atoms with van der Waals surface area (Å²) in [7, 11) is 6.22. The van der Waals surface area contributed by atoms with Gasteiger partial charge in [-0.2, -0.15) is 0 Å². The number of aromatic nitrogens is 1. The monoisotopic (exact) mass is 299 g/mol. The van der Waals surface area contributed by atoms with Crippen LogP contribution in [0.3, 0.4) is 0 Å². The Kier molecular flexibility index (Phi) is 4.21. The van der Waals surface area contributed by atoms with E-state index in [-0.39, 0.29) is 17.9 Å². The predicted molar refractivity (Wildman–Crippen MR) is 89.7 cm³/mol. The van der Waals surface area contributed by atoms with Gasteiger partial charge in [0.05, 0.1) is 6.04 Å². The Bertz CT molecular complexity index is 670. The van der Waals surface area contributed by atoms with Crippen LogP contribution in [0.4, 0.5) is 0 Å². The average Bonchev–Trinajstić information content (AvgIpc) is 2.75. The second-order valence-electron chi connectivity index (χ2n) is 6.56. The Morgan fingerprint density at radius 3 is 2.73 bits per heavy atom. The highest BCUT2D eigenvalue weighted by Gasteiger charge is 2.26. The van der Waals surface area contributed by atoms with Crippen molar-refractivity contribution in [2.24, 2.45) is 13.0 Å². The smallest absolute Gasteiger partial charge is 0.223 e. The Hall–Kier alpha value is -1.81. The van der Waals surface area contributed by atoms with Crippen LogP contribution >= 0.6 is 0 Å². The number of benzene rings is 1. The van der Waals surface area contributed by atoms with Crippen LogP contribution in [-0.4, -0.2) is 36.0 Å². The third kappa shape index (κ3) is 2.75. The second-order valence-corrected chi connectivity index (χ2v) is 6.56. The lowest BCUT2D eigenvalue weighted by Gasteiger charge is -2.28. The first-order chi connectivity index (χ1) is 10.6. The fourth-order valence-electron chi connectivity index (χ4n) is 3.22. The summed E-state index contributed by atoms with van der Waals surface area (Å²) in [5.41, 5.74) is 2.51. The highest BCUT2D eigenvalue weighted by Crippen LogP contribution is 2.29. The van der Waals surface area contributed by atoms with Gasteiger partial charge in [-0.3, -0.25) is 4.79 Å². The standard InChI is InChI=1S/C18H25N3O/c1-20(2)17(11-19-18(22)13-7-6-8-13)15-12-21(3)16-10-5-4-9-14(15)16/h4-5,9-10,12-13,17H,6-8,11H2,1-3H3,(H,19,22)/t17-/m0/s1. The molecular formula is C18H25N3O. The first kappa shape index (κ1) is 15.1. The summed E-state index contributed by atoms with van der Waals surface area (Å²) in [5.74, 6) is 0.466. The van der Waals surface area contributed by atoms with E-state index in [1.54, 1.807) is 0 Å². The molecule has 1 aromatic heterocycles. The van der Waals surface area contributed by atoms with Crippen LogP contribution in [0.1, 0.15) is 30.9 Å². The van der Waals surface area contributed by atoms with Crippen molar-refractivity contribution in [1.29, 1.82) is 0 Å². The number of rotatable bonds is 5. The molecule has 4 heteroatoms. The number of fused-ring (bicyclic) bond motifs is 1. The normalized spacial score (nSPS) is 16.7. The van der Waals surface area contributed by atoms with E-state index in [1.165, 1.54) is 22.9 Å². The molecule has 1 saturated carbocycles. The van der Waals surface area contributed by atoms with E-state index in [0.717, 1.165) is 12.8 Å². The summed E-state index contributed by atoms with van der Waals surface area (Å²) in [5, 5.41) is 4.41. The molecular weight excluding hydrogens is 274 g/mol. The van der Waals surface area contributed by atoms with Crippen LogP contribution in [0.15, 0.2) is 30.5 Å². The Morgan fingerprint density at radius 1 is 1.36 bits per heavy atom. The van der Waals surface area contributed by atoms with Gasteiger partial charge in [0, 0.05) is 36.6 Å². The zero-order chi connectivity index (χ0) is 15.7. The number of carbonyl (C=O) groups excluding carboxylic acids is 1. The molecule has 1 aliphatic carbocycles. The van der Waals surface area contributed by atoms with Gasteiger partial charge >= 0.3 is 0 Å². The molecule has 0 bridgehead atoms. The minimum atomic E-state index is 0.190. The van der Waals surface area contributed by atoms with Crippen LogP contribution in [0, 0.1) is 5.92 Å². The van der Waals surface area contributed by atoms with E-state index in [0.29, 0.717) is 6.54 Å². The lowest BCUT2D eigenvalue weighted by Crippen LogP contribution is -2.39. The van der Waals surface area contributed by atoms with Gasteiger partial charge in [-0.05, 0) is 38.6 Å². The van der Waals surface area contributed by atoms with Crippen molar-refractivity contribution >= 4 is 16.8 Å². The maximum atomic E-state index is 12.1. The SMILES string of the molecule is CN(C)[C@@H](CNC(=O)C1CCC1)c1cn(C)c2ccccc12. The minimum Gasteiger partial charge on any atom is -0.354 e. The molecule has 1 aromatic carbocycles. The molecule has 0 spiro atoms. The van der Waals surface area contributed by atoms with Gasteiger partial charge in [0.2, 0.25) is 5.91 Å². The van der Waals surface area contributed by atoms with Crippen molar-refractivity contribution in [1.82, 2.24) is 14.8 Å². The van der Waals surface area contributed by atoms with Crippen molar-refractivity contribution in [3.05, 3.63) is 36.0 Å². The molecule has 1 N–H and O–H groups in total. The summed E-state index contributed by atoms with van der Waals surface area (Å²) in [4.78, 5) is 14.3. The van der Waals surface area contributed by atoms with Crippen molar-refractivity contribution in [2.45, 2.75) is 25.3 Å². The summed E-state index contributed by atoms with van der Waals surface area (Å²) < 4.78 is 2.16. The summed E-state index contributed by atoms with van der Waals surface area (Å²) >= 11 is 0. The molecule has 118 valence electrons. The van der Waals surface area contributed by atoms with Crippen molar-refractivity contribution in [3.63, 3.8) is 0 Å². The molecule has 3 rings (SSSR count). The highest BCUT2D eigenvalue weighted by atomic mass is 16.1. The quantitative estimate of drug-likeness (QED) is 0.921. The first-order valence-electron chi connectivity index (χ1n) is 8.06. The second kappa shape index (κ2) is 6.13. The van der Waals surface area contributed by atoms with E-state index in [9.17, 15) is 4.79 Å². The number of nitrogens with one attached hydrogen (secondary N) is 1. The van der Waals surface area contributed by atoms with Crippen molar-refractivity contribution in [3.8, 4) is 0 Å². The molecule has 1 heterocycles. The number of para-hydroxylation sites is 1. The highest BCUT2D eigenvalue weighted by molar-refractivity contribution is 5.84. The molecule has 0 aliphatic heterocycles. The largest absolute Gasteiger partial charge is 0.354 e. The molecule has 1 amide bonds. The number of carbonyl (C=O) groups is 1. The van der Waals surface area contributed by atoms with Crippen LogP contribution in [0.5, 0.6) is 0 Å². The zero-order valence-corrected chi connectivity index (χ0v) is 13.7. The van der Waals surface area contributed by atoms with Gasteiger partial charge in [-0.15, -0.1) is 0 Å². The van der Waals surface area contributed by atoms with Gasteiger partial charge < -0.3 is 14.8 Å². The number of amides is 1. The lowest BCUT2D eigenvalue weighted by molar-refractivity contribution is -0.127. The van der Waals surface area contributed by atoms with E-state index in [1.807, 2.05) is 0 Å². The van der Waals surface area contributed by atoms with Gasteiger partial charge in [-0.25, -0.2) is 0 Å². The Balaban J connectivity index is 1.81. The molecule has 0 unspecified atom stereocenters. The van der Waals surface area contributed by atoms with E-state index in [4.69, 9.17) is 0 Å². The molecule has 0 radical (unpaired) electrons. The summed E-state index contributed by atoms with van der Waals surface area (Å²) in [6.45, 7) is 0.663. The molecule has 1 atom stereocenters. The molecule has 1 fully saturated rings. The number of aryl methyl sites for hydroxylation is 1. The molecule has 0 saturated heterocycles. The number of nitrogens with zero attached hydrogens (tertiary/aromatic N) is 2. The van der Waals surface area contributed by atoms with Gasteiger partial charge in [-0.1, -0.05) is 24.6 Å². The summed E-state index contributed by atoms with van der Waals surface area (Å²) in [6, 6.07) is 8.63. The zero-order valence-electron chi connectivity index (χ0n) is 13.7. The van der Waals surface area contributed by atoms with Crippen molar-refractivity contribution in [2.75, 3.05) is 20.6 Å². The van der Waals surface area contributed by atoms with Gasteiger partial charge in [0.25, 0.3) is 0 Å². The maximum Gasteiger partial charge on any atom is 0.223 e. The van der Waals surface area contributed by atoms with Crippen LogP contribution in [0.25, 0.3) is 10.9 Å². The predicted octanol–water partition coefficient (Wildman–Crippen LogP) is 2.70. The first-order valence-corrected chi connectivity index (χ1v) is 8.06. The third-order valence-corrected chi connectivity index (χ3v) is 4.86. The lowest BCUT2D eigenvalue weighted by atomic mass is 9.85. The van der Waals surface area contributed by atoms with Crippen molar-refractivity contribution < 1.29 is 4.79 Å². The minimum absolute atomic E-state index is 0.190. The van der Waals surface area contributed by atoms with Crippen LogP contribution < -0.4 is 5.32 Å². The third-order valence-electron chi connectivity index (χ3n) is 4.86. The summed E-state index contributed by atoms with van der Waals surface area (Å²) in [6.07, 6.45) is 5.48. The molecule has 22 heavy (non-hydrogen) atoms. The van der Waals surface area contributed by atoms with E-state index >= 15 is 0 Å². The topological polar surface area (TPSA) is 37.3 Å². The van der Waals surface area contributed by atoms with Crippen LogP contribution in [-0.2, 0) is 11.8 Å². The molecule has 1 aliphatic rings. The van der Waals surface area contributed by atoms with E-state index in [2.05, 4.69) is 66.4 Å². The fraction of sp³-hybridized carbons (Fsp3) is 0.500. The van der Waals surface area contributed by atoms with Gasteiger partial charge in [0.1, 0.15) is 0 Å². The number of hydrogen-bond acceptors (Lipinski definition) is 2. The molecule has 4 nitrogen and oxygen atoms in total. The maximum absolute atomic E-state index is 12.1. The van der Waals surface area contributed by atoms with Gasteiger partial charge in [0.15, 0.2) is 0 Å². The number of likely N-dealkylation sites (N-methyl/N-ethyl adjacent to an activating group) is 1.